The van der Waals surface area contributed by atoms with Crippen LogP contribution in [0.4, 0.5) is 11.4 Å². The van der Waals surface area contributed by atoms with E-state index in [1.54, 1.807) is 18.3 Å². The van der Waals surface area contributed by atoms with Crippen LogP contribution in [0.5, 0.6) is 0 Å². The molecule has 7 nitrogen and oxygen atoms in total. The van der Waals surface area contributed by atoms with Gasteiger partial charge in [-0.1, -0.05) is 6.07 Å². The lowest BCUT2D eigenvalue weighted by Gasteiger charge is -2.15. The second-order valence-electron chi connectivity index (χ2n) is 4.80. The zero-order valence-corrected chi connectivity index (χ0v) is 11.0. The van der Waals surface area contributed by atoms with Gasteiger partial charge in [0, 0.05) is 17.8 Å². The van der Waals surface area contributed by atoms with E-state index in [0.29, 0.717) is 5.69 Å². The molecule has 0 spiro atoms. The van der Waals surface area contributed by atoms with Crippen LogP contribution in [-0.4, -0.2) is 16.4 Å². The molecule has 0 fully saturated rings. The van der Waals surface area contributed by atoms with Gasteiger partial charge in [-0.05, 0) is 26.8 Å². The molecule has 1 aromatic rings. The Morgan fingerprint density at radius 1 is 1.47 bits per heavy atom. The van der Waals surface area contributed by atoms with Gasteiger partial charge in [0.05, 0.1) is 10.5 Å². The van der Waals surface area contributed by atoms with E-state index in [4.69, 9.17) is 5.26 Å². The highest BCUT2D eigenvalue weighted by atomic mass is 16.6. The fraction of sp³-hybridized carbons (Fsp3) is 0.333. The largest absolute Gasteiger partial charge is 0.325 e. The van der Waals surface area contributed by atoms with Gasteiger partial charge in [-0.2, -0.15) is 5.26 Å². The molecule has 0 amide bonds. The monoisotopic (exact) mass is 261 g/mol. The van der Waals surface area contributed by atoms with E-state index < -0.39 is 4.92 Å². The van der Waals surface area contributed by atoms with Crippen LogP contribution in [0.3, 0.4) is 0 Å². The molecule has 2 N–H and O–H groups in total. The van der Waals surface area contributed by atoms with E-state index in [0.717, 1.165) is 0 Å². The second-order valence-corrected chi connectivity index (χ2v) is 4.80. The van der Waals surface area contributed by atoms with E-state index in [1.807, 2.05) is 20.8 Å². The highest BCUT2D eigenvalue weighted by Crippen LogP contribution is 2.17. The fourth-order valence-corrected chi connectivity index (χ4v) is 1.31. The number of benzene rings is 1. The first-order valence-electron chi connectivity index (χ1n) is 5.58. The van der Waals surface area contributed by atoms with Gasteiger partial charge in [0.25, 0.3) is 5.69 Å². The number of rotatable bonds is 2. The van der Waals surface area contributed by atoms with Gasteiger partial charge in [-0.25, -0.2) is 4.99 Å². The van der Waals surface area contributed by atoms with Crippen LogP contribution in [0.1, 0.15) is 20.8 Å². The Labute approximate surface area is 111 Å². The van der Waals surface area contributed by atoms with E-state index in [1.165, 1.54) is 12.1 Å². The van der Waals surface area contributed by atoms with Crippen molar-refractivity contribution in [3.8, 4) is 6.19 Å². The number of nitro groups is 1. The first-order chi connectivity index (χ1) is 8.81. The minimum absolute atomic E-state index is 0.0305. The standard InChI is InChI=1S/C12H15N5O2/c1-12(2,3)16-11(14-8-13)15-9-5-4-6-10(7-9)17(18)19/h4-7H,1-3H3,(H2,14,15,16). The van der Waals surface area contributed by atoms with E-state index in [2.05, 4.69) is 15.6 Å². The average Bonchev–Trinajstić information content (AvgIpc) is 2.27. The molecular weight excluding hydrogens is 246 g/mol. The predicted octanol–water partition coefficient (Wildman–Crippen LogP) is 2.23. The summed E-state index contributed by atoms with van der Waals surface area (Å²) in [6.45, 7) is 5.63. The SMILES string of the molecule is CC(C)(C)N=C(NC#N)Nc1cccc([N+](=O)[O-])c1. The lowest BCUT2D eigenvalue weighted by Crippen LogP contribution is -2.30. The number of nitrogens with zero attached hydrogens (tertiary/aromatic N) is 3. The molecule has 0 bridgehead atoms. The topological polar surface area (TPSA) is 103 Å². The molecule has 0 aliphatic rings. The summed E-state index contributed by atoms with van der Waals surface area (Å²) in [5, 5.41) is 24.6. The number of hydrogen-bond acceptors (Lipinski definition) is 4. The summed E-state index contributed by atoms with van der Waals surface area (Å²) < 4.78 is 0. The van der Waals surface area contributed by atoms with Crippen molar-refractivity contribution in [3.63, 3.8) is 0 Å². The molecule has 100 valence electrons. The van der Waals surface area contributed by atoms with Crippen molar-refractivity contribution in [3.05, 3.63) is 34.4 Å². The second kappa shape index (κ2) is 5.82. The molecule has 7 heteroatoms. The highest BCUT2D eigenvalue weighted by molar-refractivity contribution is 5.95. The molecule has 0 saturated carbocycles. The van der Waals surface area contributed by atoms with Gasteiger partial charge in [0.1, 0.15) is 0 Å². The maximum atomic E-state index is 10.7. The molecule has 1 aromatic carbocycles. The molecule has 0 aromatic heterocycles. The summed E-state index contributed by atoms with van der Waals surface area (Å²) in [5.74, 6) is 0.246. The predicted molar refractivity (Wildman–Crippen MR) is 72.7 cm³/mol. The van der Waals surface area contributed by atoms with Crippen LogP contribution in [-0.2, 0) is 0 Å². The van der Waals surface area contributed by atoms with E-state index in [9.17, 15) is 10.1 Å². The van der Waals surface area contributed by atoms with Crippen LogP contribution in [0.2, 0.25) is 0 Å². The fourth-order valence-electron chi connectivity index (χ4n) is 1.31. The maximum absolute atomic E-state index is 10.7. The number of non-ortho nitro benzene ring substituents is 1. The van der Waals surface area contributed by atoms with E-state index >= 15 is 0 Å². The molecule has 0 unspecified atom stereocenters. The Balaban J connectivity index is 2.98. The van der Waals surface area contributed by atoms with Crippen molar-refractivity contribution < 1.29 is 4.92 Å². The zero-order chi connectivity index (χ0) is 14.5. The Kier molecular flexibility index (Phi) is 4.42. The van der Waals surface area contributed by atoms with Crippen LogP contribution < -0.4 is 10.6 Å². The third kappa shape index (κ3) is 5.04. The lowest BCUT2D eigenvalue weighted by molar-refractivity contribution is -0.384. The van der Waals surface area contributed by atoms with Crippen LogP contribution in [0.25, 0.3) is 0 Å². The molecule has 0 radical (unpaired) electrons. The summed E-state index contributed by atoms with van der Waals surface area (Å²) in [6, 6.07) is 5.98. The average molecular weight is 261 g/mol. The maximum Gasteiger partial charge on any atom is 0.271 e. The third-order valence-electron chi connectivity index (χ3n) is 1.94. The quantitative estimate of drug-likeness (QED) is 0.212. The van der Waals surface area contributed by atoms with Gasteiger partial charge < -0.3 is 5.32 Å². The number of aliphatic imine (C=N–C) groups is 1. The number of nitro benzene ring substituents is 1. The Bertz CT molecular complexity index is 540. The normalized spacial score (nSPS) is 11.6. The number of nitriles is 1. The smallest absolute Gasteiger partial charge is 0.271 e. The minimum atomic E-state index is -0.483. The summed E-state index contributed by atoms with van der Waals surface area (Å²) in [7, 11) is 0. The first kappa shape index (κ1) is 14.4. The van der Waals surface area contributed by atoms with Crippen LogP contribution in [0.15, 0.2) is 29.3 Å². The molecule has 0 heterocycles. The van der Waals surface area contributed by atoms with Crippen molar-refractivity contribution in [1.29, 1.82) is 5.26 Å². The summed E-state index contributed by atoms with van der Waals surface area (Å²) >= 11 is 0. The third-order valence-corrected chi connectivity index (χ3v) is 1.94. The number of nitrogens with one attached hydrogen (secondary N) is 2. The van der Waals surface area contributed by atoms with Crippen molar-refractivity contribution in [2.24, 2.45) is 4.99 Å². The Morgan fingerprint density at radius 3 is 2.68 bits per heavy atom. The van der Waals surface area contributed by atoms with Gasteiger partial charge >= 0.3 is 0 Å². The van der Waals surface area contributed by atoms with E-state index in [-0.39, 0.29) is 17.2 Å². The summed E-state index contributed by atoms with van der Waals surface area (Å²) in [6.07, 6.45) is 1.77. The van der Waals surface area contributed by atoms with Gasteiger partial charge in [0.15, 0.2) is 6.19 Å². The molecule has 0 saturated heterocycles. The first-order valence-corrected chi connectivity index (χ1v) is 5.58. The van der Waals surface area contributed by atoms with Crippen molar-refractivity contribution in [2.75, 3.05) is 5.32 Å². The lowest BCUT2D eigenvalue weighted by atomic mass is 10.1. The van der Waals surface area contributed by atoms with Gasteiger partial charge in [-0.3, -0.25) is 15.4 Å². The van der Waals surface area contributed by atoms with Gasteiger partial charge in [-0.15, -0.1) is 0 Å². The highest BCUT2D eigenvalue weighted by Gasteiger charge is 2.11. The van der Waals surface area contributed by atoms with Crippen molar-refractivity contribution >= 4 is 17.3 Å². The Hall–Kier alpha value is -2.62. The molecule has 0 aliphatic heterocycles. The van der Waals surface area contributed by atoms with Crippen LogP contribution >= 0.6 is 0 Å². The number of hydrogen-bond donors (Lipinski definition) is 2. The molecule has 0 aliphatic carbocycles. The number of anilines is 1. The summed E-state index contributed by atoms with van der Waals surface area (Å²) in [4.78, 5) is 14.5. The molecular formula is C12H15N5O2. The van der Waals surface area contributed by atoms with Gasteiger partial charge in [0.2, 0.25) is 5.96 Å². The minimum Gasteiger partial charge on any atom is -0.325 e. The zero-order valence-electron chi connectivity index (χ0n) is 11.0. The van der Waals surface area contributed by atoms with Crippen molar-refractivity contribution in [2.45, 2.75) is 26.3 Å². The van der Waals surface area contributed by atoms with Crippen LogP contribution in [0, 0.1) is 21.6 Å². The molecule has 19 heavy (non-hydrogen) atoms. The Morgan fingerprint density at radius 2 is 2.16 bits per heavy atom. The number of guanidine groups is 1. The van der Waals surface area contributed by atoms with Crippen molar-refractivity contribution in [1.82, 2.24) is 5.32 Å². The molecule has 1 rings (SSSR count). The molecule has 0 atom stereocenters. The summed E-state index contributed by atoms with van der Waals surface area (Å²) in [5.41, 5.74) is 0.0735.